The lowest BCUT2D eigenvalue weighted by Crippen LogP contribution is -2.59. The molecule has 28 heavy (non-hydrogen) atoms. The molecule has 1 aliphatic heterocycles. The van der Waals surface area contributed by atoms with Crippen LogP contribution in [-0.2, 0) is 12.1 Å². The molecule has 0 unspecified atom stereocenters. The number of benzene rings is 1. The Balaban J connectivity index is 1.82. The fraction of sp³-hybridized carbons (Fsp3) is 0.400. The van der Waals surface area contributed by atoms with Crippen molar-refractivity contribution in [1.82, 2.24) is 15.1 Å². The van der Waals surface area contributed by atoms with Gasteiger partial charge in [0.15, 0.2) is 5.54 Å². The zero-order valence-corrected chi connectivity index (χ0v) is 15.4. The Kier molecular flexibility index (Phi) is 4.14. The van der Waals surface area contributed by atoms with E-state index in [0.29, 0.717) is 6.92 Å². The van der Waals surface area contributed by atoms with Gasteiger partial charge in [-0.25, -0.2) is 18.0 Å². The number of amides is 2. The quantitative estimate of drug-likeness (QED) is 0.787. The molecule has 4 rings (SSSR count). The van der Waals surface area contributed by atoms with Crippen molar-refractivity contribution in [3.05, 3.63) is 47.0 Å². The molecule has 2 aromatic rings. The fourth-order valence-electron chi connectivity index (χ4n) is 3.26. The first-order chi connectivity index (χ1) is 13.2. The van der Waals surface area contributed by atoms with E-state index in [0.717, 1.165) is 24.5 Å². The van der Waals surface area contributed by atoms with Gasteiger partial charge in [-0.15, -0.1) is 0 Å². The molecule has 1 saturated carbocycles. The van der Waals surface area contributed by atoms with Crippen molar-refractivity contribution in [2.24, 2.45) is 5.92 Å². The van der Waals surface area contributed by atoms with Crippen molar-refractivity contribution in [2.45, 2.75) is 44.7 Å². The summed E-state index contributed by atoms with van der Waals surface area (Å²) < 4.78 is 45.7. The number of aryl methyl sites for hydroxylation is 1. The van der Waals surface area contributed by atoms with Gasteiger partial charge < -0.3 is 10.6 Å². The van der Waals surface area contributed by atoms with Crippen molar-refractivity contribution in [3.63, 3.8) is 0 Å². The third-order valence-corrected chi connectivity index (χ3v) is 4.93. The Labute approximate surface area is 160 Å². The van der Waals surface area contributed by atoms with Crippen molar-refractivity contribution < 1.29 is 18.0 Å². The summed E-state index contributed by atoms with van der Waals surface area (Å²) in [7, 11) is 0. The highest BCUT2D eigenvalue weighted by Gasteiger charge is 2.55. The Hall–Kier alpha value is -2.95. The van der Waals surface area contributed by atoms with E-state index < -0.39 is 23.3 Å². The molecule has 8 heteroatoms. The van der Waals surface area contributed by atoms with Gasteiger partial charge in [0, 0.05) is 35.9 Å². The Morgan fingerprint density at radius 1 is 1.39 bits per heavy atom. The summed E-state index contributed by atoms with van der Waals surface area (Å²) in [6.45, 7) is 2.65. The highest BCUT2D eigenvalue weighted by Crippen LogP contribution is 2.44. The van der Waals surface area contributed by atoms with E-state index in [1.165, 1.54) is 10.7 Å². The second kappa shape index (κ2) is 6.30. The fourth-order valence-corrected chi connectivity index (χ4v) is 3.26. The van der Waals surface area contributed by atoms with Crippen LogP contribution < -0.4 is 10.6 Å². The van der Waals surface area contributed by atoms with Crippen molar-refractivity contribution in [3.8, 4) is 11.8 Å². The molecular weight excluding hydrogens is 369 g/mol. The minimum absolute atomic E-state index is 0.0432. The van der Waals surface area contributed by atoms with Gasteiger partial charge in [-0.05, 0) is 37.5 Å². The van der Waals surface area contributed by atoms with Gasteiger partial charge in [-0.3, -0.25) is 4.68 Å². The van der Waals surface area contributed by atoms with Gasteiger partial charge in [0.05, 0.1) is 12.7 Å². The van der Waals surface area contributed by atoms with E-state index in [1.807, 2.05) is 6.92 Å². The van der Waals surface area contributed by atoms with Gasteiger partial charge in [0.1, 0.15) is 5.82 Å². The summed E-state index contributed by atoms with van der Waals surface area (Å²) >= 11 is 0. The number of fused-ring (bicyclic) bond motifs is 1. The van der Waals surface area contributed by atoms with Crippen LogP contribution in [0, 0.1) is 30.5 Å². The molecular formula is C20H19F3N4O. The van der Waals surface area contributed by atoms with E-state index in [2.05, 4.69) is 27.6 Å². The Morgan fingerprint density at radius 3 is 2.75 bits per heavy atom. The summed E-state index contributed by atoms with van der Waals surface area (Å²) in [6.07, 6.45) is 5.06. The molecule has 1 atom stereocenters. The Bertz CT molecular complexity index is 1010. The lowest BCUT2D eigenvalue weighted by atomic mass is 9.81. The first-order valence-corrected chi connectivity index (χ1v) is 8.99. The molecule has 1 aromatic carbocycles. The largest absolute Gasteiger partial charge is 0.320 e. The molecule has 1 aromatic heterocycles. The topological polar surface area (TPSA) is 59.0 Å². The lowest BCUT2D eigenvalue weighted by Gasteiger charge is -2.40. The molecule has 1 aliphatic carbocycles. The van der Waals surface area contributed by atoms with E-state index in [1.54, 1.807) is 12.4 Å². The van der Waals surface area contributed by atoms with Crippen molar-refractivity contribution in [1.29, 1.82) is 0 Å². The summed E-state index contributed by atoms with van der Waals surface area (Å²) in [4.78, 5) is 12.2. The first-order valence-electron chi connectivity index (χ1n) is 8.99. The van der Waals surface area contributed by atoms with Gasteiger partial charge >= 0.3 is 6.03 Å². The van der Waals surface area contributed by atoms with Gasteiger partial charge in [-0.2, -0.15) is 5.10 Å². The predicted octanol–water partition coefficient (Wildman–Crippen LogP) is 3.78. The number of nitrogens with zero attached hydrogens (tertiary/aromatic N) is 2. The minimum atomic E-state index is -3.42. The number of carbonyl (C=O) groups excluding carboxylic acids is 1. The van der Waals surface area contributed by atoms with Crippen LogP contribution in [-0.4, -0.2) is 21.7 Å². The number of hydrogen-bond acceptors (Lipinski definition) is 2. The van der Waals surface area contributed by atoms with Crippen LogP contribution in [0.4, 0.5) is 23.7 Å². The number of halogens is 3. The molecule has 5 nitrogen and oxygen atoms in total. The number of urea groups is 1. The summed E-state index contributed by atoms with van der Waals surface area (Å²) in [5.74, 6) is 1.33. The molecule has 2 amide bonds. The molecule has 0 spiro atoms. The van der Waals surface area contributed by atoms with Crippen LogP contribution in [0.5, 0.6) is 0 Å². The number of anilines is 1. The summed E-state index contributed by atoms with van der Waals surface area (Å²) in [6, 6.07) is 1.61. The van der Waals surface area contributed by atoms with Crippen molar-refractivity contribution >= 4 is 11.7 Å². The highest BCUT2D eigenvalue weighted by atomic mass is 19.3. The standard InChI is InChI=1S/C20H19F3N4O/c1-12-9-24-27(10-12)11-14-7-17-15(8-16(14)21)20(19(2,22)23,26-18(28)25-17)6-5-13-3-4-13/h7-10,13H,3-4,11H2,1-2H3,(H2,25,26,28)/t20-/m0/s1. The maximum atomic E-state index is 14.8. The van der Waals surface area contributed by atoms with Crippen LogP contribution in [0.3, 0.4) is 0 Å². The van der Waals surface area contributed by atoms with E-state index in [4.69, 9.17) is 0 Å². The predicted molar refractivity (Wildman–Crippen MR) is 97.4 cm³/mol. The molecule has 0 bridgehead atoms. The number of aromatic nitrogens is 2. The first kappa shape index (κ1) is 18.4. The monoisotopic (exact) mass is 388 g/mol. The molecule has 2 heterocycles. The third kappa shape index (κ3) is 3.21. The maximum absolute atomic E-state index is 14.8. The molecule has 0 radical (unpaired) electrons. The van der Waals surface area contributed by atoms with Gasteiger partial charge in [-0.1, -0.05) is 11.8 Å². The van der Waals surface area contributed by atoms with Crippen LogP contribution in [0.25, 0.3) is 0 Å². The molecule has 2 N–H and O–H groups in total. The van der Waals surface area contributed by atoms with Crippen LogP contribution in [0.1, 0.15) is 36.5 Å². The van der Waals surface area contributed by atoms with Crippen LogP contribution in [0.2, 0.25) is 0 Å². The second-order valence-electron chi connectivity index (χ2n) is 7.47. The molecule has 0 saturated heterocycles. The van der Waals surface area contributed by atoms with Crippen LogP contribution >= 0.6 is 0 Å². The van der Waals surface area contributed by atoms with E-state index in [9.17, 15) is 18.0 Å². The summed E-state index contributed by atoms with van der Waals surface area (Å²) in [5.41, 5.74) is -1.10. The average molecular weight is 388 g/mol. The Morgan fingerprint density at radius 2 is 2.14 bits per heavy atom. The smallest absolute Gasteiger partial charge is 0.312 e. The number of alkyl halides is 2. The number of nitrogens with one attached hydrogen (secondary N) is 2. The van der Waals surface area contributed by atoms with E-state index >= 15 is 0 Å². The summed E-state index contributed by atoms with van der Waals surface area (Å²) in [5, 5.41) is 8.86. The van der Waals surface area contributed by atoms with Crippen LogP contribution in [0.15, 0.2) is 24.5 Å². The lowest BCUT2D eigenvalue weighted by molar-refractivity contribution is -0.0465. The zero-order chi connectivity index (χ0) is 20.1. The molecule has 2 aliphatic rings. The van der Waals surface area contributed by atoms with Gasteiger partial charge in [0.2, 0.25) is 0 Å². The molecule has 146 valence electrons. The zero-order valence-electron chi connectivity index (χ0n) is 15.4. The minimum Gasteiger partial charge on any atom is -0.312 e. The number of hydrogen-bond donors (Lipinski definition) is 2. The van der Waals surface area contributed by atoms with Gasteiger partial charge in [0.25, 0.3) is 5.92 Å². The highest BCUT2D eigenvalue weighted by molar-refractivity contribution is 5.95. The normalized spacial score (nSPS) is 21.2. The molecule has 1 fully saturated rings. The SMILES string of the molecule is Cc1cnn(Cc2cc3c(cc2F)[C@@](C#CC2CC2)(C(C)(F)F)NC(=O)N3)c1. The average Bonchev–Trinajstić information content (AvgIpc) is 3.34. The number of carbonyl (C=O) groups is 1. The van der Waals surface area contributed by atoms with Crippen molar-refractivity contribution in [2.75, 3.05) is 5.32 Å². The van der Waals surface area contributed by atoms with E-state index in [-0.39, 0.29) is 29.3 Å². The maximum Gasteiger partial charge on any atom is 0.320 e. The third-order valence-electron chi connectivity index (χ3n) is 4.93. The number of rotatable bonds is 3. The second-order valence-corrected chi connectivity index (χ2v) is 7.47.